The summed E-state index contributed by atoms with van der Waals surface area (Å²) in [5, 5.41) is 3.50. The molecular weight excluding hydrogens is 258 g/mol. The molecule has 1 saturated heterocycles. The maximum Gasteiger partial charge on any atom is 0.125 e. The standard InChI is InChI=1S/C11H12BrNO2/c12-8-1-2-9-10(5-8)15-7-11(9)6-14-4-3-13-11/h1-2,5,13H,3-4,6-7H2/t11-/m1/s1. The van der Waals surface area contributed by atoms with Gasteiger partial charge >= 0.3 is 0 Å². The molecule has 15 heavy (non-hydrogen) atoms. The van der Waals surface area contributed by atoms with Crippen LogP contribution in [0.4, 0.5) is 0 Å². The Morgan fingerprint density at radius 2 is 2.27 bits per heavy atom. The first-order valence-electron chi connectivity index (χ1n) is 5.06. The first-order valence-corrected chi connectivity index (χ1v) is 5.85. The Bertz CT molecular complexity index is 388. The Morgan fingerprint density at radius 1 is 1.33 bits per heavy atom. The van der Waals surface area contributed by atoms with Crippen molar-refractivity contribution in [1.82, 2.24) is 5.32 Å². The van der Waals surface area contributed by atoms with Crippen LogP contribution in [0, 0.1) is 0 Å². The van der Waals surface area contributed by atoms with E-state index in [4.69, 9.17) is 9.47 Å². The molecule has 1 aromatic rings. The molecule has 3 nitrogen and oxygen atoms in total. The van der Waals surface area contributed by atoms with E-state index in [-0.39, 0.29) is 5.54 Å². The molecule has 2 aliphatic rings. The molecule has 0 aliphatic carbocycles. The number of rotatable bonds is 0. The molecule has 1 atom stereocenters. The maximum atomic E-state index is 5.70. The van der Waals surface area contributed by atoms with Crippen molar-refractivity contribution in [3.63, 3.8) is 0 Å². The number of ether oxygens (including phenoxy) is 2. The lowest BCUT2D eigenvalue weighted by Gasteiger charge is -2.33. The predicted octanol–water partition coefficient (Wildman–Crippen LogP) is 1.66. The monoisotopic (exact) mass is 269 g/mol. The van der Waals surface area contributed by atoms with E-state index in [1.165, 1.54) is 5.56 Å². The van der Waals surface area contributed by atoms with E-state index in [2.05, 4.69) is 27.3 Å². The Kier molecular flexibility index (Phi) is 2.23. The summed E-state index contributed by atoms with van der Waals surface area (Å²) < 4.78 is 12.3. The first kappa shape index (κ1) is 9.63. The highest BCUT2D eigenvalue weighted by Crippen LogP contribution is 2.39. The van der Waals surface area contributed by atoms with E-state index in [1.807, 2.05) is 12.1 Å². The van der Waals surface area contributed by atoms with Gasteiger partial charge in [0, 0.05) is 16.6 Å². The lowest BCUT2D eigenvalue weighted by molar-refractivity contribution is 0.0160. The van der Waals surface area contributed by atoms with E-state index in [9.17, 15) is 0 Å². The van der Waals surface area contributed by atoms with Crippen molar-refractivity contribution in [2.24, 2.45) is 0 Å². The Balaban J connectivity index is 2.03. The summed E-state index contributed by atoms with van der Waals surface area (Å²) in [6.07, 6.45) is 0. The van der Waals surface area contributed by atoms with Gasteiger partial charge in [0.25, 0.3) is 0 Å². The highest BCUT2D eigenvalue weighted by Gasteiger charge is 2.42. The second-order valence-electron chi connectivity index (χ2n) is 3.99. The molecule has 3 rings (SSSR count). The van der Waals surface area contributed by atoms with Crippen LogP contribution in [0.15, 0.2) is 22.7 Å². The molecule has 1 N–H and O–H groups in total. The third-order valence-electron chi connectivity index (χ3n) is 2.99. The van der Waals surface area contributed by atoms with Gasteiger partial charge in [0.15, 0.2) is 0 Å². The molecule has 2 aliphatic heterocycles. The summed E-state index contributed by atoms with van der Waals surface area (Å²) in [6.45, 7) is 3.03. The summed E-state index contributed by atoms with van der Waals surface area (Å²) in [7, 11) is 0. The molecule has 0 saturated carbocycles. The number of nitrogens with one attached hydrogen (secondary N) is 1. The highest BCUT2D eigenvalue weighted by atomic mass is 79.9. The van der Waals surface area contributed by atoms with Crippen LogP contribution in [-0.2, 0) is 10.3 Å². The van der Waals surface area contributed by atoms with Crippen LogP contribution in [0.1, 0.15) is 5.56 Å². The van der Waals surface area contributed by atoms with Gasteiger partial charge in [0.05, 0.1) is 13.2 Å². The van der Waals surface area contributed by atoms with Crippen LogP contribution in [-0.4, -0.2) is 26.4 Å². The number of benzene rings is 1. The van der Waals surface area contributed by atoms with E-state index in [0.717, 1.165) is 23.4 Å². The second-order valence-corrected chi connectivity index (χ2v) is 4.91. The van der Waals surface area contributed by atoms with Gasteiger partial charge in [-0.05, 0) is 12.1 Å². The fourth-order valence-electron chi connectivity index (χ4n) is 2.22. The van der Waals surface area contributed by atoms with Gasteiger partial charge < -0.3 is 14.8 Å². The summed E-state index contributed by atoms with van der Waals surface area (Å²) in [4.78, 5) is 0. The fourth-order valence-corrected chi connectivity index (χ4v) is 2.56. The van der Waals surface area contributed by atoms with Gasteiger partial charge in [-0.3, -0.25) is 0 Å². The molecule has 1 aromatic carbocycles. The van der Waals surface area contributed by atoms with Crippen molar-refractivity contribution in [2.45, 2.75) is 5.54 Å². The van der Waals surface area contributed by atoms with Gasteiger partial charge in [-0.2, -0.15) is 0 Å². The zero-order chi connectivity index (χ0) is 10.3. The fraction of sp³-hybridized carbons (Fsp3) is 0.455. The van der Waals surface area contributed by atoms with Crippen LogP contribution in [0.2, 0.25) is 0 Å². The normalized spacial score (nSPS) is 28.9. The van der Waals surface area contributed by atoms with Crippen molar-refractivity contribution in [3.05, 3.63) is 28.2 Å². The molecular formula is C11H12BrNO2. The number of fused-ring (bicyclic) bond motifs is 2. The highest BCUT2D eigenvalue weighted by molar-refractivity contribution is 9.10. The summed E-state index contributed by atoms with van der Waals surface area (Å²) in [6, 6.07) is 6.17. The van der Waals surface area contributed by atoms with Gasteiger partial charge in [0.2, 0.25) is 0 Å². The molecule has 1 spiro atoms. The molecule has 2 heterocycles. The minimum Gasteiger partial charge on any atom is -0.491 e. The SMILES string of the molecule is Brc1ccc2c(c1)OC[C@]21COCCN1. The lowest BCUT2D eigenvalue weighted by atomic mass is 9.92. The van der Waals surface area contributed by atoms with Crippen LogP contribution < -0.4 is 10.1 Å². The molecule has 1 fully saturated rings. The van der Waals surface area contributed by atoms with Crippen molar-refractivity contribution < 1.29 is 9.47 Å². The molecule has 80 valence electrons. The van der Waals surface area contributed by atoms with E-state index in [1.54, 1.807) is 0 Å². The molecule has 0 bridgehead atoms. The third kappa shape index (κ3) is 1.48. The van der Waals surface area contributed by atoms with Crippen LogP contribution in [0.3, 0.4) is 0 Å². The second kappa shape index (κ2) is 3.47. The van der Waals surface area contributed by atoms with Crippen molar-refractivity contribution in [2.75, 3.05) is 26.4 Å². The average Bonchev–Trinajstić information content (AvgIpc) is 2.58. The number of morpholine rings is 1. The van der Waals surface area contributed by atoms with Gasteiger partial charge in [0.1, 0.15) is 17.9 Å². The minimum atomic E-state index is -0.117. The number of halogens is 1. The lowest BCUT2D eigenvalue weighted by Crippen LogP contribution is -2.52. The summed E-state index contributed by atoms with van der Waals surface area (Å²) >= 11 is 3.45. The van der Waals surface area contributed by atoms with E-state index < -0.39 is 0 Å². The third-order valence-corrected chi connectivity index (χ3v) is 3.48. The first-order chi connectivity index (χ1) is 7.30. The molecule has 0 radical (unpaired) electrons. The zero-order valence-electron chi connectivity index (χ0n) is 8.25. The predicted molar refractivity (Wildman–Crippen MR) is 60.1 cm³/mol. The summed E-state index contributed by atoms with van der Waals surface area (Å²) in [5.41, 5.74) is 1.10. The van der Waals surface area contributed by atoms with Crippen molar-refractivity contribution in [1.29, 1.82) is 0 Å². The average molecular weight is 270 g/mol. The van der Waals surface area contributed by atoms with Crippen LogP contribution in [0.5, 0.6) is 5.75 Å². The quantitative estimate of drug-likeness (QED) is 0.777. The van der Waals surface area contributed by atoms with Gasteiger partial charge in [-0.15, -0.1) is 0 Å². The number of hydrogen-bond donors (Lipinski definition) is 1. The molecule has 0 aromatic heterocycles. The van der Waals surface area contributed by atoms with Gasteiger partial charge in [-0.25, -0.2) is 0 Å². The Morgan fingerprint density at radius 3 is 3.07 bits per heavy atom. The van der Waals surface area contributed by atoms with Crippen molar-refractivity contribution >= 4 is 15.9 Å². The summed E-state index contributed by atoms with van der Waals surface area (Å²) in [5.74, 6) is 0.961. The largest absolute Gasteiger partial charge is 0.491 e. The van der Waals surface area contributed by atoms with E-state index in [0.29, 0.717) is 13.2 Å². The van der Waals surface area contributed by atoms with Crippen LogP contribution in [0.25, 0.3) is 0 Å². The number of hydrogen-bond acceptors (Lipinski definition) is 3. The molecule has 0 amide bonds. The van der Waals surface area contributed by atoms with Crippen molar-refractivity contribution in [3.8, 4) is 5.75 Å². The van der Waals surface area contributed by atoms with E-state index >= 15 is 0 Å². The molecule has 0 unspecified atom stereocenters. The Labute approximate surface area is 96.9 Å². The zero-order valence-corrected chi connectivity index (χ0v) is 9.84. The Hall–Kier alpha value is -0.580. The molecule has 4 heteroatoms. The van der Waals surface area contributed by atoms with Crippen LogP contribution >= 0.6 is 15.9 Å². The van der Waals surface area contributed by atoms with Gasteiger partial charge in [-0.1, -0.05) is 22.0 Å². The topological polar surface area (TPSA) is 30.5 Å². The maximum absolute atomic E-state index is 5.70. The minimum absolute atomic E-state index is 0.117. The smallest absolute Gasteiger partial charge is 0.125 e.